The molecule has 1 unspecified atom stereocenters. The maximum Gasteiger partial charge on any atom is 0.320 e. The summed E-state index contributed by atoms with van der Waals surface area (Å²) in [5, 5.41) is 8.67. The summed E-state index contributed by atoms with van der Waals surface area (Å²) in [4.78, 5) is 22.0. The molecule has 5 heteroatoms. The van der Waals surface area contributed by atoms with Crippen LogP contribution in [0, 0.1) is 11.3 Å². The van der Waals surface area contributed by atoms with Gasteiger partial charge in [-0.15, -0.1) is 0 Å². The zero-order chi connectivity index (χ0) is 12.2. The summed E-state index contributed by atoms with van der Waals surface area (Å²) in [5.41, 5.74) is 5.04. The molecule has 0 aromatic carbocycles. The Morgan fingerprint density at radius 2 is 1.87 bits per heavy atom. The molecule has 0 aromatic rings. The van der Waals surface area contributed by atoms with E-state index in [4.69, 9.17) is 10.8 Å². The second-order valence-electron chi connectivity index (χ2n) is 4.62. The number of esters is 1. The van der Waals surface area contributed by atoms with E-state index in [-0.39, 0.29) is 11.8 Å². The van der Waals surface area contributed by atoms with Gasteiger partial charge in [0.25, 0.3) is 0 Å². The number of carbonyl (C=O) groups excluding carboxylic acids is 1. The Hall–Kier alpha value is -1.10. The molecule has 0 saturated carbocycles. The van der Waals surface area contributed by atoms with Crippen molar-refractivity contribution in [1.29, 1.82) is 0 Å². The highest BCUT2D eigenvalue weighted by Crippen LogP contribution is 2.30. The van der Waals surface area contributed by atoms with E-state index < -0.39 is 23.9 Å². The minimum absolute atomic E-state index is 0.0888. The van der Waals surface area contributed by atoms with E-state index >= 15 is 0 Å². The van der Waals surface area contributed by atoms with Crippen LogP contribution in [0.25, 0.3) is 0 Å². The molecule has 0 radical (unpaired) electrons. The average Bonchev–Trinajstić information content (AvgIpc) is 2.10. The van der Waals surface area contributed by atoms with E-state index in [1.165, 1.54) is 7.11 Å². The maximum atomic E-state index is 11.4. The Bertz CT molecular complexity index is 244. The van der Waals surface area contributed by atoms with E-state index in [1.54, 1.807) is 0 Å². The molecule has 0 aliphatic rings. The summed E-state index contributed by atoms with van der Waals surface area (Å²) in [7, 11) is 1.29. The first-order valence-corrected chi connectivity index (χ1v) is 4.76. The first-order chi connectivity index (χ1) is 6.70. The molecular weight excluding hydrogens is 198 g/mol. The second kappa shape index (κ2) is 5.11. The van der Waals surface area contributed by atoms with Crippen LogP contribution in [0.15, 0.2) is 0 Å². The number of carboxylic acids is 1. The van der Waals surface area contributed by atoms with Gasteiger partial charge in [0.1, 0.15) is 6.04 Å². The number of carbonyl (C=O) groups is 2. The smallest absolute Gasteiger partial charge is 0.320 e. The van der Waals surface area contributed by atoms with Gasteiger partial charge in [0.15, 0.2) is 0 Å². The lowest BCUT2D eigenvalue weighted by Crippen LogP contribution is -2.39. The fourth-order valence-electron chi connectivity index (χ4n) is 1.30. The standard InChI is InChI=1S/C10H19NO4/c1-10(2,3)6(9(14)15-4)5-7(11)8(12)13/h6-7H,5,11H2,1-4H3,(H,12,13)/t6?,7-/m0/s1. The van der Waals surface area contributed by atoms with Crippen LogP contribution in [-0.2, 0) is 14.3 Å². The predicted molar refractivity (Wildman–Crippen MR) is 55.2 cm³/mol. The van der Waals surface area contributed by atoms with Crippen molar-refractivity contribution in [2.75, 3.05) is 7.11 Å². The molecule has 0 spiro atoms. The van der Waals surface area contributed by atoms with Crippen molar-refractivity contribution < 1.29 is 19.4 Å². The molecule has 0 aromatic heterocycles. The molecule has 0 aliphatic heterocycles. The van der Waals surface area contributed by atoms with Gasteiger partial charge in [-0.2, -0.15) is 0 Å². The van der Waals surface area contributed by atoms with Crippen LogP contribution in [0.1, 0.15) is 27.2 Å². The number of aliphatic carboxylic acids is 1. The lowest BCUT2D eigenvalue weighted by Gasteiger charge is -2.29. The van der Waals surface area contributed by atoms with Crippen LogP contribution in [0.5, 0.6) is 0 Å². The zero-order valence-corrected chi connectivity index (χ0v) is 9.61. The summed E-state index contributed by atoms with van der Waals surface area (Å²) < 4.78 is 4.63. The number of nitrogens with two attached hydrogens (primary N) is 1. The Labute approximate surface area is 89.6 Å². The van der Waals surface area contributed by atoms with Crippen molar-refractivity contribution in [2.24, 2.45) is 17.1 Å². The molecule has 0 rings (SSSR count). The Kier molecular flexibility index (Phi) is 4.74. The fourth-order valence-corrected chi connectivity index (χ4v) is 1.30. The van der Waals surface area contributed by atoms with Crippen LogP contribution in [-0.4, -0.2) is 30.2 Å². The lowest BCUT2D eigenvalue weighted by molar-refractivity contribution is -0.150. The summed E-state index contributed by atoms with van der Waals surface area (Å²) in [6.45, 7) is 5.55. The van der Waals surface area contributed by atoms with Crippen LogP contribution in [0.3, 0.4) is 0 Å². The van der Waals surface area contributed by atoms with E-state index in [1.807, 2.05) is 20.8 Å². The first kappa shape index (κ1) is 13.9. The van der Waals surface area contributed by atoms with Crippen molar-refractivity contribution in [1.82, 2.24) is 0 Å². The third-order valence-electron chi connectivity index (χ3n) is 2.34. The molecule has 0 heterocycles. The molecule has 0 amide bonds. The normalized spacial score (nSPS) is 15.5. The minimum atomic E-state index is -1.10. The zero-order valence-electron chi connectivity index (χ0n) is 9.61. The fraction of sp³-hybridized carbons (Fsp3) is 0.800. The molecule has 0 saturated heterocycles. The van der Waals surface area contributed by atoms with Crippen molar-refractivity contribution in [3.05, 3.63) is 0 Å². The van der Waals surface area contributed by atoms with Gasteiger partial charge in [-0.25, -0.2) is 0 Å². The largest absolute Gasteiger partial charge is 0.480 e. The van der Waals surface area contributed by atoms with Gasteiger partial charge in [0.05, 0.1) is 13.0 Å². The van der Waals surface area contributed by atoms with Gasteiger partial charge in [-0.1, -0.05) is 20.8 Å². The van der Waals surface area contributed by atoms with Gasteiger partial charge < -0.3 is 15.6 Å². The molecule has 88 valence electrons. The van der Waals surface area contributed by atoms with E-state index in [0.717, 1.165) is 0 Å². The highest BCUT2D eigenvalue weighted by Gasteiger charge is 2.35. The average molecular weight is 217 g/mol. The quantitative estimate of drug-likeness (QED) is 0.674. The summed E-state index contributed by atoms with van der Waals surface area (Å²) >= 11 is 0. The van der Waals surface area contributed by atoms with E-state index in [9.17, 15) is 9.59 Å². The SMILES string of the molecule is COC(=O)C(C[C@H](N)C(=O)O)C(C)(C)C. The van der Waals surface area contributed by atoms with Crippen molar-refractivity contribution in [3.63, 3.8) is 0 Å². The number of methoxy groups -OCH3 is 1. The Morgan fingerprint density at radius 1 is 1.40 bits per heavy atom. The third-order valence-corrected chi connectivity index (χ3v) is 2.34. The third kappa shape index (κ3) is 4.29. The Morgan fingerprint density at radius 3 is 2.13 bits per heavy atom. The highest BCUT2D eigenvalue weighted by atomic mass is 16.5. The van der Waals surface area contributed by atoms with Crippen LogP contribution >= 0.6 is 0 Å². The number of carboxylic acid groups (broad SMARTS) is 1. The molecule has 5 nitrogen and oxygen atoms in total. The molecule has 15 heavy (non-hydrogen) atoms. The van der Waals surface area contributed by atoms with Crippen LogP contribution in [0.2, 0.25) is 0 Å². The van der Waals surface area contributed by atoms with E-state index in [2.05, 4.69) is 4.74 Å². The minimum Gasteiger partial charge on any atom is -0.480 e. The summed E-state index contributed by atoms with van der Waals surface area (Å²) in [5.74, 6) is -2.03. The molecule has 3 N–H and O–H groups in total. The van der Waals surface area contributed by atoms with Crippen molar-refractivity contribution in [3.8, 4) is 0 Å². The molecule has 2 atom stereocenters. The lowest BCUT2D eigenvalue weighted by atomic mass is 9.77. The van der Waals surface area contributed by atoms with Crippen molar-refractivity contribution in [2.45, 2.75) is 33.2 Å². The van der Waals surface area contributed by atoms with Gasteiger partial charge in [0, 0.05) is 0 Å². The van der Waals surface area contributed by atoms with Crippen molar-refractivity contribution >= 4 is 11.9 Å². The molecule has 0 aliphatic carbocycles. The summed E-state index contributed by atoms with van der Waals surface area (Å²) in [6.07, 6.45) is 0.0888. The van der Waals surface area contributed by atoms with Crippen LogP contribution < -0.4 is 5.73 Å². The van der Waals surface area contributed by atoms with Crippen LogP contribution in [0.4, 0.5) is 0 Å². The summed E-state index contributed by atoms with van der Waals surface area (Å²) in [6, 6.07) is -1.03. The molecule has 0 bridgehead atoms. The Balaban J connectivity index is 4.67. The second-order valence-corrected chi connectivity index (χ2v) is 4.62. The number of hydrogen-bond acceptors (Lipinski definition) is 4. The predicted octanol–water partition coefficient (Wildman–Crippen LogP) is 0.624. The van der Waals surface area contributed by atoms with Gasteiger partial charge in [-0.05, 0) is 11.8 Å². The van der Waals surface area contributed by atoms with E-state index in [0.29, 0.717) is 0 Å². The first-order valence-electron chi connectivity index (χ1n) is 4.76. The topological polar surface area (TPSA) is 89.6 Å². The van der Waals surface area contributed by atoms with Gasteiger partial charge >= 0.3 is 11.9 Å². The maximum absolute atomic E-state index is 11.4. The van der Waals surface area contributed by atoms with Gasteiger partial charge in [0.2, 0.25) is 0 Å². The molecular formula is C10H19NO4. The number of ether oxygens (including phenoxy) is 1. The number of hydrogen-bond donors (Lipinski definition) is 2. The highest BCUT2D eigenvalue weighted by molar-refractivity contribution is 5.77. The number of rotatable bonds is 4. The molecule has 0 fully saturated rings. The monoisotopic (exact) mass is 217 g/mol. The van der Waals surface area contributed by atoms with Gasteiger partial charge in [-0.3, -0.25) is 9.59 Å².